The third kappa shape index (κ3) is 6.00. The van der Waals surface area contributed by atoms with E-state index in [4.69, 9.17) is 18.6 Å². The van der Waals surface area contributed by atoms with E-state index < -0.39 is 10.2 Å². The molecule has 0 bridgehead atoms. The van der Waals surface area contributed by atoms with Gasteiger partial charge in [-0.05, 0) is 12.1 Å². The monoisotopic (exact) mass is 258 g/mol. The van der Waals surface area contributed by atoms with E-state index >= 15 is 0 Å². The Labute approximate surface area is 100 Å². The van der Waals surface area contributed by atoms with Gasteiger partial charge in [0.15, 0.2) is 0 Å². The minimum atomic E-state index is -4.94. The molecule has 17 heavy (non-hydrogen) atoms. The van der Waals surface area contributed by atoms with Crippen molar-refractivity contribution >= 4 is 0 Å². The molecule has 0 aliphatic heterocycles. The Kier molecular flexibility index (Phi) is 4.62. The van der Waals surface area contributed by atoms with Gasteiger partial charge >= 0.3 is 0 Å². The summed E-state index contributed by atoms with van der Waals surface area (Å²) in [4.78, 5) is 3.13. The van der Waals surface area contributed by atoms with Gasteiger partial charge in [0.05, 0.1) is 0 Å². The molecule has 0 atom stereocenters. The highest BCUT2D eigenvalue weighted by Gasteiger charge is 2.01. The van der Waals surface area contributed by atoms with E-state index in [1.807, 2.05) is 31.5 Å². The van der Waals surface area contributed by atoms with Gasteiger partial charge in [0.1, 0.15) is 17.6 Å². The molecular weight excluding hydrogens is 248 g/mol. The zero-order valence-corrected chi connectivity index (χ0v) is 9.76. The fourth-order valence-electron chi connectivity index (χ4n) is 1.20. The minimum Gasteiger partial charge on any atom is -0.247 e. The highest BCUT2D eigenvalue weighted by atomic mass is 35.7. The molecule has 0 unspecified atom stereocenters. The van der Waals surface area contributed by atoms with Crippen LogP contribution in [0.15, 0.2) is 42.9 Å². The molecule has 2 aromatic rings. The van der Waals surface area contributed by atoms with Crippen molar-refractivity contribution in [3.8, 4) is 5.69 Å². The van der Waals surface area contributed by atoms with Gasteiger partial charge in [-0.3, -0.25) is 0 Å². The maximum atomic E-state index is 8.49. The molecule has 0 radical (unpaired) electrons. The lowest BCUT2D eigenvalue weighted by molar-refractivity contribution is -2.00. The highest BCUT2D eigenvalue weighted by molar-refractivity contribution is 5.21. The molecule has 1 aromatic carbocycles. The second-order valence-electron chi connectivity index (χ2n) is 3.21. The van der Waals surface area contributed by atoms with Crippen LogP contribution < -0.4 is 23.2 Å². The summed E-state index contributed by atoms with van der Waals surface area (Å²) in [5, 5.41) is 0. The van der Waals surface area contributed by atoms with Gasteiger partial charge in [-0.25, -0.2) is 28.2 Å². The molecule has 0 amide bonds. The number of nitrogens with one attached hydrogen (secondary N) is 1. The van der Waals surface area contributed by atoms with Crippen LogP contribution in [0.4, 0.5) is 0 Å². The predicted octanol–water partition coefficient (Wildman–Crippen LogP) is -3.16. The first-order valence-electron chi connectivity index (χ1n) is 4.60. The summed E-state index contributed by atoms with van der Waals surface area (Å²) in [6.45, 7) is 2.04. The molecule has 0 aliphatic carbocycles. The Bertz CT molecular complexity index is 447. The first-order chi connectivity index (χ1) is 7.86. The van der Waals surface area contributed by atoms with Crippen molar-refractivity contribution in [3.63, 3.8) is 0 Å². The summed E-state index contributed by atoms with van der Waals surface area (Å²) in [5.41, 5.74) is 2.35. The normalized spacial score (nSPS) is 10.6. The summed E-state index contributed by atoms with van der Waals surface area (Å²) in [7, 11) is -4.94. The van der Waals surface area contributed by atoms with Crippen molar-refractivity contribution in [1.29, 1.82) is 0 Å². The predicted molar refractivity (Wildman–Crippen MR) is 47.1 cm³/mol. The molecule has 0 fully saturated rings. The van der Waals surface area contributed by atoms with Crippen molar-refractivity contribution in [2.75, 3.05) is 0 Å². The molecule has 0 spiro atoms. The number of rotatable bonds is 1. The molecule has 0 aliphatic rings. The molecule has 1 heterocycles. The number of imidazole rings is 1. The number of aromatic nitrogens is 2. The molecule has 0 saturated heterocycles. The summed E-state index contributed by atoms with van der Waals surface area (Å²) >= 11 is 0. The molecule has 0 saturated carbocycles. The number of hydrogen-bond donors (Lipinski definition) is 1. The van der Waals surface area contributed by atoms with Gasteiger partial charge in [0.25, 0.3) is 0 Å². The van der Waals surface area contributed by atoms with Crippen LogP contribution in [0, 0.1) is 17.2 Å². The first kappa shape index (κ1) is 13.6. The summed E-state index contributed by atoms with van der Waals surface area (Å²) in [5.74, 6) is 0. The van der Waals surface area contributed by atoms with E-state index in [1.165, 1.54) is 11.4 Å². The Morgan fingerprint density at radius 1 is 1.06 bits per heavy atom. The molecule has 1 aromatic heterocycles. The van der Waals surface area contributed by atoms with Crippen LogP contribution >= 0.6 is 0 Å². The van der Waals surface area contributed by atoms with Crippen LogP contribution in [0.1, 0.15) is 5.69 Å². The van der Waals surface area contributed by atoms with Crippen molar-refractivity contribution in [1.82, 2.24) is 4.98 Å². The lowest BCUT2D eigenvalue weighted by atomic mass is 10.3. The maximum Gasteiger partial charge on any atom is 0.246 e. The smallest absolute Gasteiger partial charge is 0.246 e. The molecule has 2 rings (SSSR count). The third-order valence-corrected chi connectivity index (χ3v) is 1.82. The lowest BCUT2D eigenvalue weighted by Crippen LogP contribution is -2.68. The average molecular weight is 259 g/mol. The zero-order chi connectivity index (χ0) is 12.9. The average Bonchev–Trinajstić information content (AvgIpc) is 2.64. The molecule has 1 N–H and O–H groups in total. The standard InChI is InChI=1S/C10H10N2.ClHO4/c1-9-7-12(8-11-9)10-5-3-2-4-6-10;2-1(3,4)5/h2-8H,1H3;(H,2,3,4,5). The fraction of sp³-hybridized carbons (Fsp3) is 0.100. The fourth-order valence-corrected chi connectivity index (χ4v) is 1.20. The zero-order valence-electron chi connectivity index (χ0n) is 9.00. The van der Waals surface area contributed by atoms with E-state index in [9.17, 15) is 0 Å². The Hall–Kier alpha value is -1.44. The summed E-state index contributed by atoms with van der Waals surface area (Å²) < 4.78 is 36.0. The van der Waals surface area contributed by atoms with Crippen molar-refractivity contribution in [3.05, 3.63) is 48.5 Å². The first-order valence-corrected chi connectivity index (χ1v) is 5.83. The quantitative estimate of drug-likeness (QED) is 0.544. The number of H-pyrrole nitrogens is 1. The number of aromatic amines is 1. The molecular formula is C10H11ClN2O4. The summed E-state index contributed by atoms with van der Waals surface area (Å²) in [6, 6.07) is 10.2. The van der Waals surface area contributed by atoms with Crippen molar-refractivity contribution in [2.45, 2.75) is 6.92 Å². The highest BCUT2D eigenvalue weighted by Crippen LogP contribution is 1.97. The Morgan fingerprint density at radius 3 is 2.00 bits per heavy atom. The number of aryl methyl sites for hydroxylation is 1. The molecule has 6 nitrogen and oxygen atoms in total. The second-order valence-corrected chi connectivity index (χ2v) is 3.96. The van der Waals surface area contributed by atoms with Crippen LogP contribution in [-0.4, -0.2) is 4.98 Å². The van der Waals surface area contributed by atoms with Crippen LogP contribution in [0.5, 0.6) is 0 Å². The van der Waals surface area contributed by atoms with Crippen LogP contribution in [0.2, 0.25) is 0 Å². The summed E-state index contributed by atoms with van der Waals surface area (Å²) in [6.07, 6.45) is 4.01. The number of benzene rings is 1. The SMILES string of the molecule is Cc1c[n+](-c2ccccc2)c[nH]1.[O-][Cl+3]([O-])([O-])[O-]. The van der Waals surface area contributed by atoms with Gasteiger partial charge in [-0.1, -0.05) is 18.2 Å². The van der Waals surface area contributed by atoms with Gasteiger partial charge in [-0.2, -0.15) is 0 Å². The van der Waals surface area contributed by atoms with E-state index in [-0.39, 0.29) is 0 Å². The number of para-hydroxylation sites is 1. The largest absolute Gasteiger partial charge is 0.247 e. The second kappa shape index (κ2) is 5.76. The van der Waals surface area contributed by atoms with E-state index in [1.54, 1.807) is 0 Å². The van der Waals surface area contributed by atoms with Gasteiger partial charge in [0.2, 0.25) is 6.33 Å². The van der Waals surface area contributed by atoms with Crippen molar-refractivity contribution in [2.24, 2.45) is 0 Å². The van der Waals surface area contributed by atoms with Crippen LogP contribution in [-0.2, 0) is 0 Å². The number of nitrogens with zero attached hydrogens (tertiary/aromatic N) is 1. The van der Waals surface area contributed by atoms with Gasteiger partial charge in [-0.15, -0.1) is 10.2 Å². The molecule has 7 heteroatoms. The lowest BCUT2D eigenvalue weighted by Gasteiger charge is -2.17. The Balaban J connectivity index is 0.000000249. The van der Waals surface area contributed by atoms with Gasteiger partial charge in [0, 0.05) is 6.92 Å². The topological polar surface area (TPSA) is 112 Å². The maximum absolute atomic E-state index is 8.49. The number of halogens is 1. The van der Waals surface area contributed by atoms with Crippen LogP contribution in [0.3, 0.4) is 0 Å². The van der Waals surface area contributed by atoms with E-state index in [0.717, 1.165) is 0 Å². The van der Waals surface area contributed by atoms with Gasteiger partial charge < -0.3 is 0 Å². The number of hydrogen-bond acceptors (Lipinski definition) is 4. The van der Waals surface area contributed by atoms with Crippen LogP contribution in [0.25, 0.3) is 5.69 Å². The minimum absolute atomic E-state index is 1.17. The van der Waals surface area contributed by atoms with Crippen molar-refractivity contribution < 1.29 is 33.4 Å². The third-order valence-electron chi connectivity index (χ3n) is 1.82. The van der Waals surface area contributed by atoms with E-state index in [2.05, 4.69) is 27.9 Å². The molecule has 92 valence electrons. The van der Waals surface area contributed by atoms with E-state index in [0.29, 0.717) is 0 Å². The Morgan fingerprint density at radius 2 is 1.59 bits per heavy atom.